The third-order valence-corrected chi connectivity index (χ3v) is 2.56. The molecule has 0 aromatic carbocycles. The molecule has 74 valence electrons. The van der Waals surface area contributed by atoms with Crippen molar-refractivity contribution >= 4 is 22.6 Å². The van der Waals surface area contributed by atoms with E-state index in [0.29, 0.717) is 0 Å². The molecule has 0 fully saturated rings. The van der Waals surface area contributed by atoms with Crippen molar-refractivity contribution in [3.63, 3.8) is 0 Å². The Labute approximate surface area is 91.9 Å². The number of aromatic nitrogens is 1. The fourth-order valence-corrected chi connectivity index (χ4v) is 1.60. The van der Waals surface area contributed by atoms with Gasteiger partial charge in [0.2, 0.25) is 0 Å². The summed E-state index contributed by atoms with van der Waals surface area (Å²) in [6, 6.07) is 1.73. The smallest absolute Gasteiger partial charge is 0.254 e. The zero-order chi connectivity index (χ0) is 10.7. The Bertz CT molecular complexity index is 387. The number of pyridine rings is 1. The van der Waals surface area contributed by atoms with E-state index in [1.54, 1.807) is 6.07 Å². The first-order chi connectivity index (χ1) is 6.57. The molecule has 0 aliphatic carbocycles. The molecule has 0 atom stereocenters. The second-order valence-electron chi connectivity index (χ2n) is 2.43. The Hall–Kier alpha value is -0.840. The summed E-state index contributed by atoms with van der Waals surface area (Å²) in [6.07, 6.45) is -1.99. The molecule has 0 N–H and O–H groups in total. The molecule has 0 saturated heterocycles. The van der Waals surface area contributed by atoms with Crippen molar-refractivity contribution in [1.82, 2.24) is 4.98 Å². The van der Waals surface area contributed by atoms with Crippen molar-refractivity contribution in [3.8, 4) is 6.07 Å². The van der Waals surface area contributed by atoms with E-state index in [1.807, 2.05) is 0 Å². The van der Waals surface area contributed by atoms with E-state index in [2.05, 4.69) is 4.98 Å². The van der Waals surface area contributed by atoms with Crippen LogP contribution in [0.3, 0.4) is 0 Å². The lowest BCUT2D eigenvalue weighted by atomic mass is 10.2. The van der Waals surface area contributed by atoms with Crippen LogP contribution in [-0.2, 0) is 6.42 Å². The molecule has 0 amide bonds. The lowest BCUT2D eigenvalue weighted by Crippen LogP contribution is -2.02. The van der Waals surface area contributed by atoms with Gasteiger partial charge in [-0.05, 0) is 22.6 Å². The van der Waals surface area contributed by atoms with E-state index >= 15 is 0 Å². The van der Waals surface area contributed by atoms with E-state index in [9.17, 15) is 13.2 Å². The fourth-order valence-electron chi connectivity index (χ4n) is 0.875. The van der Waals surface area contributed by atoms with Crippen LogP contribution in [0.15, 0.2) is 6.20 Å². The quantitative estimate of drug-likeness (QED) is 0.788. The van der Waals surface area contributed by atoms with Crippen LogP contribution in [0.5, 0.6) is 0 Å². The highest BCUT2D eigenvalue weighted by Crippen LogP contribution is 2.25. The van der Waals surface area contributed by atoms with Crippen LogP contribution in [0.25, 0.3) is 0 Å². The van der Waals surface area contributed by atoms with Crippen molar-refractivity contribution in [2.75, 3.05) is 0 Å². The van der Waals surface area contributed by atoms with Crippen molar-refractivity contribution < 1.29 is 13.2 Å². The normalized spacial score (nSPS) is 10.3. The minimum atomic E-state index is -2.80. The molecule has 1 heterocycles. The summed E-state index contributed by atoms with van der Waals surface area (Å²) in [5.74, 6) is -0.780. The first-order valence-electron chi connectivity index (χ1n) is 3.55. The number of hydrogen-bond donors (Lipinski definition) is 0. The van der Waals surface area contributed by atoms with E-state index in [1.165, 1.54) is 22.6 Å². The van der Waals surface area contributed by atoms with Crippen LogP contribution in [0.4, 0.5) is 13.2 Å². The second kappa shape index (κ2) is 4.59. The predicted octanol–water partition coefficient (Wildman–Crippen LogP) is 2.83. The number of halogens is 4. The van der Waals surface area contributed by atoms with Gasteiger partial charge >= 0.3 is 0 Å². The average Bonchev–Trinajstić information content (AvgIpc) is 2.13. The summed E-state index contributed by atoms with van der Waals surface area (Å²) in [5, 5.41) is 8.32. The molecule has 1 rings (SSSR count). The number of rotatable bonds is 2. The van der Waals surface area contributed by atoms with Gasteiger partial charge < -0.3 is 0 Å². The molecule has 2 nitrogen and oxygen atoms in total. The number of nitrogens with zero attached hydrogens (tertiary/aromatic N) is 2. The minimum Gasteiger partial charge on any atom is -0.254 e. The molecule has 0 unspecified atom stereocenters. The van der Waals surface area contributed by atoms with Crippen LogP contribution in [0.1, 0.15) is 17.7 Å². The average molecular weight is 312 g/mol. The Morgan fingerprint density at radius 1 is 1.57 bits per heavy atom. The molecule has 6 heteroatoms. The van der Waals surface area contributed by atoms with E-state index in [-0.39, 0.29) is 15.6 Å². The van der Waals surface area contributed by atoms with Crippen LogP contribution >= 0.6 is 22.6 Å². The van der Waals surface area contributed by atoms with Crippen LogP contribution in [-0.4, -0.2) is 4.98 Å². The van der Waals surface area contributed by atoms with Gasteiger partial charge in [-0.2, -0.15) is 5.26 Å². The Morgan fingerprint density at radius 3 is 2.71 bits per heavy atom. The SMILES string of the molecule is N#CCc1cnc(C(F)F)c(I)c1F. The van der Waals surface area contributed by atoms with E-state index < -0.39 is 17.9 Å². The third-order valence-electron chi connectivity index (χ3n) is 1.54. The van der Waals surface area contributed by atoms with Crippen LogP contribution < -0.4 is 0 Å². The summed E-state index contributed by atoms with van der Waals surface area (Å²) in [4.78, 5) is 3.41. The molecular formula is C8H4F3IN2. The maximum Gasteiger partial charge on any atom is 0.281 e. The van der Waals surface area contributed by atoms with Crippen LogP contribution in [0.2, 0.25) is 0 Å². The van der Waals surface area contributed by atoms with Gasteiger partial charge in [0.1, 0.15) is 11.5 Å². The molecule has 14 heavy (non-hydrogen) atoms. The van der Waals surface area contributed by atoms with E-state index in [0.717, 1.165) is 6.20 Å². The molecule has 0 spiro atoms. The number of alkyl halides is 2. The van der Waals surface area contributed by atoms with E-state index in [4.69, 9.17) is 5.26 Å². The summed E-state index contributed by atoms with van der Waals surface area (Å²) in [7, 11) is 0. The Balaban J connectivity index is 3.20. The highest BCUT2D eigenvalue weighted by molar-refractivity contribution is 14.1. The molecule has 0 aliphatic heterocycles. The summed E-state index contributed by atoms with van der Waals surface area (Å²) in [6.45, 7) is 0. The van der Waals surface area contributed by atoms with Gasteiger partial charge in [0.15, 0.2) is 0 Å². The Morgan fingerprint density at radius 2 is 2.21 bits per heavy atom. The highest BCUT2D eigenvalue weighted by atomic mass is 127. The van der Waals surface area contributed by atoms with Crippen molar-refractivity contribution in [2.45, 2.75) is 12.8 Å². The fraction of sp³-hybridized carbons (Fsp3) is 0.250. The maximum atomic E-state index is 13.3. The van der Waals surface area contributed by atoms with Gasteiger partial charge in [-0.1, -0.05) is 0 Å². The number of hydrogen-bond acceptors (Lipinski definition) is 2. The van der Waals surface area contributed by atoms with Gasteiger partial charge in [0, 0.05) is 11.8 Å². The Kier molecular flexibility index (Phi) is 3.69. The van der Waals surface area contributed by atoms with Gasteiger partial charge in [-0.25, -0.2) is 13.2 Å². The lowest BCUT2D eigenvalue weighted by Gasteiger charge is -2.05. The monoisotopic (exact) mass is 312 g/mol. The van der Waals surface area contributed by atoms with Crippen molar-refractivity contribution in [2.24, 2.45) is 0 Å². The first kappa shape index (κ1) is 11.2. The zero-order valence-electron chi connectivity index (χ0n) is 6.77. The number of nitriles is 1. The third kappa shape index (κ3) is 2.15. The maximum absolute atomic E-state index is 13.3. The highest BCUT2D eigenvalue weighted by Gasteiger charge is 2.18. The second-order valence-corrected chi connectivity index (χ2v) is 3.51. The molecule has 0 radical (unpaired) electrons. The van der Waals surface area contributed by atoms with Gasteiger partial charge in [0.05, 0.1) is 16.1 Å². The summed E-state index contributed by atoms with van der Waals surface area (Å²) in [5.41, 5.74) is -0.536. The van der Waals surface area contributed by atoms with Crippen LogP contribution in [0, 0.1) is 20.7 Å². The summed E-state index contributed by atoms with van der Waals surface area (Å²) >= 11 is 1.46. The minimum absolute atomic E-state index is 0.0429. The molecular weight excluding hydrogens is 308 g/mol. The molecule has 0 saturated carbocycles. The molecule has 1 aromatic heterocycles. The largest absolute Gasteiger partial charge is 0.281 e. The standard InChI is InChI=1S/C8H4F3IN2/c9-5-4(1-2-13)3-14-7(6(5)12)8(10)11/h3,8H,1H2. The van der Waals surface area contributed by atoms with Gasteiger partial charge in [-0.3, -0.25) is 4.98 Å². The summed E-state index contributed by atoms with van der Waals surface area (Å²) < 4.78 is 37.5. The molecule has 0 bridgehead atoms. The van der Waals surface area contributed by atoms with Crippen molar-refractivity contribution in [1.29, 1.82) is 5.26 Å². The molecule has 1 aromatic rings. The van der Waals surface area contributed by atoms with Crippen molar-refractivity contribution in [3.05, 3.63) is 26.8 Å². The first-order valence-corrected chi connectivity index (χ1v) is 4.63. The topological polar surface area (TPSA) is 36.7 Å². The predicted molar refractivity (Wildman–Crippen MR) is 51.2 cm³/mol. The van der Waals surface area contributed by atoms with Gasteiger partial charge in [0.25, 0.3) is 6.43 Å². The molecule has 0 aliphatic rings. The lowest BCUT2D eigenvalue weighted by molar-refractivity contribution is 0.144. The zero-order valence-corrected chi connectivity index (χ0v) is 8.93. The van der Waals surface area contributed by atoms with Gasteiger partial charge in [-0.15, -0.1) is 0 Å².